The Morgan fingerprint density at radius 2 is 2.05 bits per heavy atom. The molecule has 1 aromatic rings. The summed E-state index contributed by atoms with van der Waals surface area (Å²) in [4.78, 5) is 11.4. The van der Waals surface area contributed by atoms with Crippen LogP contribution in [0.1, 0.15) is 12.0 Å². The third-order valence-electron chi connectivity index (χ3n) is 3.09. The molecule has 1 aliphatic rings. The number of hydrogen-bond acceptors (Lipinski definition) is 4. The highest BCUT2D eigenvalue weighted by Crippen LogP contribution is 2.33. The molecular formula is C14H15F3O4. The van der Waals surface area contributed by atoms with E-state index in [2.05, 4.69) is 0 Å². The van der Waals surface area contributed by atoms with Crippen molar-refractivity contribution in [2.24, 2.45) is 0 Å². The Hall–Kier alpha value is -1.60. The van der Waals surface area contributed by atoms with Gasteiger partial charge in [-0.05, 0) is 18.2 Å². The van der Waals surface area contributed by atoms with E-state index < -0.39 is 23.9 Å². The summed E-state index contributed by atoms with van der Waals surface area (Å²) >= 11 is 0. The first-order valence-corrected chi connectivity index (χ1v) is 6.39. The first-order valence-electron chi connectivity index (χ1n) is 6.39. The third kappa shape index (κ3) is 3.95. The normalized spacial score (nSPS) is 22.0. The summed E-state index contributed by atoms with van der Waals surface area (Å²) in [5.74, 6) is -0.0502. The molecule has 0 bridgehead atoms. The fourth-order valence-corrected chi connectivity index (χ4v) is 1.95. The van der Waals surface area contributed by atoms with Gasteiger partial charge in [-0.25, -0.2) is 0 Å². The molecule has 0 heterocycles. The molecule has 1 saturated carbocycles. The highest BCUT2D eigenvalue weighted by molar-refractivity contribution is 5.90. The molecule has 0 radical (unpaired) electrons. The minimum absolute atomic E-state index is 0.0719. The number of rotatable bonds is 6. The van der Waals surface area contributed by atoms with Crippen LogP contribution in [0, 0.1) is 0 Å². The Balaban J connectivity index is 1.97. The maximum absolute atomic E-state index is 12.6. The monoisotopic (exact) mass is 304 g/mol. The molecule has 0 N–H and O–H groups in total. The highest BCUT2D eigenvalue weighted by Gasteiger charge is 2.43. The van der Waals surface area contributed by atoms with Crippen LogP contribution in [-0.4, -0.2) is 38.3 Å². The largest absolute Gasteiger partial charge is 0.487 e. The molecule has 1 aliphatic carbocycles. The number of carbonyl (C=O) groups excluding carboxylic acids is 1. The average molecular weight is 304 g/mol. The summed E-state index contributed by atoms with van der Waals surface area (Å²) in [5.41, 5.74) is -0.789. The van der Waals surface area contributed by atoms with Crippen molar-refractivity contribution in [3.05, 3.63) is 29.8 Å². The van der Waals surface area contributed by atoms with E-state index in [4.69, 9.17) is 14.2 Å². The van der Waals surface area contributed by atoms with E-state index in [1.807, 2.05) is 0 Å². The molecule has 1 aromatic carbocycles. The highest BCUT2D eigenvalue weighted by atomic mass is 19.4. The maximum atomic E-state index is 12.6. The minimum Gasteiger partial charge on any atom is -0.487 e. The summed E-state index contributed by atoms with van der Waals surface area (Å²) in [6.07, 6.45) is -5.59. The Kier molecular flexibility index (Phi) is 4.84. The molecule has 0 aromatic heterocycles. The van der Waals surface area contributed by atoms with Gasteiger partial charge in [0.2, 0.25) is 0 Å². The Bertz CT molecular complexity index is 501. The lowest BCUT2D eigenvalue weighted by molar-refractivity contribution is -0.156. The molecule has 21 heavy (non-hydrogen) atoms. The Labute approximate surface area is 119 Å². The number of hydrogen-bond donors (Lipinski definition) is 0. The van der Waals surface area contributed by atoms with Gasteiger partial charge in [0.1, 0.15) is 11.9 Å². The number of ether oxygens (including phenoxy) is 3. The van der Waals surface area contributed by atoms with Crippen LogP contribution in [0.5, 0.6) is 5.75 Å². The van der Waals surface area contributed by atoms with Crippen LogP contribution in [0.2, 0.25) is 0 Å². The molecule has 1 fully saturated rings. The maximum Gasteiger partial charge on any atom is 0.416 e. The number of methoxy groups -OCH3 is 1. The van der Waals surface area contributed by atoms with Crippen molar-refractivity contribution in [3.63, 3.8) is 0 Å². The van der Waals surface area contributed by atoms with Gasteiger partial charge < -0.3 is 14.2 Å². The van der Waals surface area contributed by atoms with E-state index in [1.165, 1.54) is 19.2 Å². The summed E-state index contributed by atoms with van der Waals surface area (Å²) in [6, 6.07) is 4.56. The van der Waals surface area contributed by atoms with Gasteiger partial charge in [-0.1, -0.05) is 6.07 Å². The summed E-state index contributed by atoms with van der Waals surface area (Å²) in [6.45, 7) is 0.565. The van der Waals surface area contributed by atoms with Gasteiger partial charge in [0, 0.05) is 13.5 Å². The standard InChI is InChI=1S/C14H15F3O4/c1-19-5-6-20-13-11(18)8-12(13)21-10-4-2-3-9(7-10)14(15,16)17/h2-4,7,12-13H,5-6,8H2,1H3. The van der Waals surface area contributed by atoms with Crippen LogP contribution >= 0.6 is 0 Å². The van der Waals surface area contributed by atoms with Gasteiger partial charge in [-0.15, -0.1) is 0 Å². The van der Waals surface area contributed by atoms with Crippen molar-refractivity contribution in [1.29, 1.82) is 0 Å². The molecule has 7 heteroatoms. The van der Waals surface area contributed by atoms with Crippen molar-refractivity contribution in [2.75, 3.05) is 20.3 Å². The van der Waals surface area contributed by atoms with Crippen molar-refractivity contribution < 1.29 is 32.2 Å². The molecule has 2 unspecified atom stereocenters. The predicted molar refractivity (Wildman–Crippen MR) is 67.1 cm³/mol. The van der Waals surface area contributed by atoms with E-state index >= 15 is 0 Å². The third-order valence-corrected chi connectivity index (χ3v) is 3.09. The molecule has 0 aliphatic heterocycles. The van der Waals surface area contributed by atoms with Crippen molar-refractivity contribution in [2.45, 2.75) is 24.8 Å². The second-order valence-electron chi connectivity index (χ2n) is 4.64. The van der Waals surface area contributed by atoms with Gasteiger partial charge >= 0.3 is 6.18 Å². The number of benzene rings is 1. The van der Waals surface area contributed by atoms with Crippen molar-refractivity contribution in [1.82, 2.24) is 0 Å². The molecule has 4 nitrogen and oxygen atoms in total. The zero-order valence-corrected chi connectivity index (χ0v) is 11.4. The lowest BCUT2D eigenvalue weighted by Crippen LogP contribution is -2.52. The van der Waals surface area contributed by atoms with Crippen molar-refractivity contribution in [3.8, 4) is 5.75 Å². The number of ketones is 1. The molecule has 0 saturated heterocycles. The van der Waals surface area contributed by atoms with Crippen molar-refractivity contribution >= 4 is 5.78 Å². The van der Waals surface area contributed by atoms with Crippen LogP contribution in [0.25, 0.3) is 0 Å². The van der Waals surface area contributed by atoms with Crippen LogP contribution in [0.3, 0.4) is 0 Å². The van der Waals surface area contributed by atoms with E-state index in [-0.39, 0.29) is 24.6 Å². The fourth-order valence-electron chi connectivity index (χ4n) is 1.95. The van der Waals surface area contributed by atoms with Gasteiger partial charge in [-0.2, -0.15) is 13.2 Å². The Morgan fingerprint density at radius 1 is 1.29 bits per heavy atom. The van der Waals surface area contributed by atoms with Crippen LogP contribution in [-0.2, 0) is 20.4 Å². The SMILES string of the molecule is COCCOC1C(=O)CC1Oc1cccc(C(F)(F)F)c1. The fraction of sp³-hybridized carbons (Fsp3) is 0.500. The summed E-state index contributed by atoms with van der Waals surface area (Å²) in [5, 5.41) is 0. The van der Waals surface area contributed by atoms with Gasteiger partial charge in [0.05, 0.1) is 18.8 Å². The summed E-state index contributed by atoms with van der Waals surface area (Å²) < 4.78 is 53.3. The number of alkyl halides is 3. The lowest BCUT2D eigenvalue weighted by atomic mass is 9.90. The van der Waals surface area contributed by atoms with E-state index in [1.54, 1.807) is 0 Å². The van der Waals surface area contributed by atoms with Gasteiger partial charge in [0.25, 0.3) is 0 Å². The Morgan fingerprint density at radius 3 is 2.67 bits per heavy atom. The first kappa shape index (κ1) is 15.8. The van der Waals surface area contributed by atoms with Gasteiger partial charge in [-0.3, -0.25) is 4.79 Å². The average Bonchev–Trinajstić information content (AvgIpc) is 2.42. The number of carbonyl (C=O) groups is 1. The molecule has 0 amide bonds. The minimum atomic E-state index is -4.43. The topological polar surface area (TPSA) is 44.8 Å². The zero-order valence-electron chi connectivity index (χ0n) is 11.4. The summed E-state index contributed by atoms with van der Waals surface area (Å²) in [7, 11) is 1.50. The molecule has 2 rings (SSSR count). The molecule has 2 atom stereocenters. The lowest BCUT2D eigenvalue weighted by Gasteiger charge is -2.34. The van der Waals surface area contributed by atoms with Gasteiger partial charge in [0.15, 0.2) is 11.9 Å². The molecule has 116 valence electrons. The second kappa shape index (κ2) is 6.44. The second-order valence-corrected chi connectivity index (χ2v) is 4.64. The van der Waals surface area contributed by atoms with E-state index in [0.29, 0.717) is 6.61 Å². The number of Topliss-reactive ketones (excluding diaryl/α,β-unsaturated/α-hetero) is 1. The van der Waals surface area contributed by atoms with Crippen LogP contribution in [0.4, 0.5) is 13.2 Å². The molecular weight excluding hydrogens is 289 g/mol. The quantitative estimate of drug-likeness (QED) is 0.757. The van der Waals surface area contributed by atoms with Crippen LogP contribution in [0.15, 0.2) is 24.3 Å². The number of halogens is 3. The zero-order chi connectivity index (χ0) is 15.5. The van der Waals surface area contributed by atoms with Crippen LogP contribution < -0.4 is 4.74 Å². The molecule has 0 spiro atoms. The van der Waals surface area contributed by atoms with E-state index in [9.17, 15) is 18.0 Å². The smallest absolute Gasteiger partial charge is 0.416 e. The first-order chi connectivity index (χ1) is 9.91. The van der Waals surface area contributed by atoms with E-state index in [0.717, 1.165) is 12.1 Å². The predicted octanol–water partition coefficient (Wildman–Crippen LogP) is 2.46.